The molecule has 3 atom stereocenters. The maximum Gasteiger partial charge on any atom is 0.00721 e. The minimum Gasteiger partial charge on any atom is -0.311 e. The van der Waals surface area contributed by atoms with Gasteiger partial charge in [0.2, 0.25) is 0 Å². The van der Waals surface area contributed by atoms with E-state index in [9.17, 15) is 0 Å². The van der Waals surface area contributed by atoms with E-state index in [0.29, 0.717) is 0 Å². The summed E-state index contributed by atoms with van der Waals surface area (Å²) in [7, 11) is 0. The van der Waals surface area contributed by atoms with E-state index in [2.05, 4.69) is 26.1 Å². The summed E-state index contributed by atoms with van der Waals surface area (Å²) in [6, 6.07) is 1.54. The molecule has 0 bridgehead atoms. The second-order valence-electron chi connectivity index (χ2n) is 4.99. The van der Waals surface area contributed by atoms with Gasteiger partial charge < -0.3 is 5.32 Å². The molecule has 0 spiro atoms. The lowest BCUT2D eigenvalue weighted by atomic mass is 9.84. The minimum atomic E-state index is 0.723. The lowest BCUT2D eigenvalue weighted by Crippen LogP contribution is -2.39. The van der Waals surface area contributed by atoms with Crippen LogP contribution >= 0.6 is 0 Å². The molecular weight excluding hydrogens is 170 g/mol. The summed E-state index contributed by atoms with van der Waals surface area (Å²) >= 11 is 0. The highest BCUT2D eigenvalue weighted by atomic mass is 14.9. The zero-order chi connectivity index (χ0) is 10.4. The molecule has 1 fully saturated rings. The highest BCUT2D eigenvalue weighted by Gasteiger charge is 2.21. The van der Waals surface area contributed by atoms with Crippen LogP contribution in [0.1, 0.15) is 65.7 Å². The second-order valence-corrected chi connectivity index (χ2v) is 4.99. The van der Waals surface area contributed by atoms with Crippen LogP contribution in [-0.2, 0) is 0 Å². The van der Waals surface area contributed by atoms with Crippen LogP contribution in [0.3, 0.4) is 0 Å². The first-order chi connectivity index (χ1) is 6.76. The first-order valence-electron chi connectivity index (χ1n) is 6.52. The Kier molecular flexibility index (Phi) is 5.54. The monoisotopic (exact) mass is 197 g/mol. The fourth-order valence-electron chi connectivity index (χ4n) is 2.73. The van der Waals surface area contributed by atoms with Crippen molar-refractivity contribution in [2.45, 2.75) is 77.8 Å². The molecule has 1 aliphatic rings. The van der Waals surface area contributed by atoms with Crippen LogP contribution in [0.4, 0.5) is 0 Å². The van der Waals surface area contributed by atoms with Gasteiger partial charge in [-0.05, 0) is 32.1 Å². The molecule has 3 unspecified atom stereocenters. The first kappa shape index (κ1) is 12.0. The molecule has 0 aromatic carbocycles. The van der Waals surface area contributed by atoms with Crippen molar-refractivity contribution >= 4 is 0 Å². The number of hydrogen-bond acceptors (Lipinski definition) is 1. The van der Waals surface area contributed by atoms with E-state index in [1.54, 1.807) is 0 Å². The third-order valence-corrected chi connectivity index (χ3v) is 3.60. The summed E-state index contributed by atoms with van der Waals surface area (Å²) in [5, 5.41) is 3.78. The Bertz CT molecular complexity index is 144. The van der Waals surface area contributed by atoms with E-state index >= 15 is 0 Å². The third-order valence-electron chi connectivity index (χ3n) is 3.60. The zero-order valence-corrected chi connectivity index (χ0v) is 10.2. The molecule has 0 aromatic heterocycles. The molecule has 0 saturated heterocycles. The van der Waals surface area contributed by atoms with Crippen molar-refractivity contribution in [1.29, 1.82) is 0 Å². The quantitative estimate of drug-likeness (QED) is 0.708. The van der Waals surface area contributed by atoms with Crippen LogP contribution in [0.15, 0.2) is 0 Å². The minimum absolute atomic E-state index is 0.723. The normalized spacial score (nSPS) is 30.2. The Hall–Kier alpha value is -0.0400. The standard InChI is InChI=1S/C13H27N/c1-4-7-11(3)14-13-9-6-8-12(5-2)10-13/h11-14H,4-10H2,1-3H3. The van der Waals surface area contributed by atoms with Gasteiger partial charge in [-0.15, -0.1) is 0 Å². The van der Waals surface area contributed by atoms with Gasteiger partial charge in [0, 0.05) is 12.1 Å². The van der Waals surface area contributed by atoms with Crippen molar-refractivity contribution in [2.24, 2.45) is 5.92 Å². The molecule has 1 saturated carbocycles. The Morgan fingerprint density at radius 2 is 2.07 bits per heavy atom. The third kappa shape index (κ3) is 4.00. The Morgan fingerprint density at radius 3 is 2.71 bits per heavy atom. The second kappa shape index (κ2) is 6.44. The van der Waals surface area contributed by atoms with Gasteiger partial charge in [-0.3, -0.25) is 0 Å². The molecule has 0 heterocycles. The SMILES string of the molecule is CCCC(C)NC1CCCC(CC)C1. The van der Waals surface area contributed by atoms with Gasteiger partial charge in [0.05, 0.1) is 0 Å². The van der Waals surface area contributed by atoms with Crippen LogP contribution in [0.5, 0.6) is 0 Å². The molecule has 14 heavy (non-hydrogen) atoms. The van der Waals surface area contributed by atoms with Crippen LogP contribution < -0.4 is 5.32 Å². The van der Waals surface area contributed by atoms with E-state index in [4.69, 9.17) is 0 Å². The van der Waals surface area contributed by atoms with E-state index in [-0.39, 0.29) is 0 Å². The molecule has 1 aliphatic carbocycles. The zero-order valence-electron chi connectivity index (χ0n) is 10.2. The first-order valence-corrected chi connectivity index (χ1v) is 6.52. The fourth-order valence-corrected chi connectivity index (χ4v) is 2.73. The average Bonchev–Trinajstić information content (AvgIpc) is 2.18. The Labute approximate surface area is 89.7 Å². The number of nitrogens with one attached hydrogen (secondary N) is 1. The fraction of sp³-hybridized carbons (Fsp3) is 1.00. The van der Waals surface area contributed by atoms with E-state index in [0.717, 1.165) is 18.0 Å². The van der Waals surface area contributed by atoms with Crippen molar-refractivity contribution in [3.63, 3.8) is 0 Å². The predicted octanol–water partition coefficient (Wildman–Crippen LogP) is 3.73. The highest BCUT2D eigenvalue weighted by Crippen LogP contribution is 2.26. The van der Waals surface area contributed by atoms with Crippen LogP contribution in [0.2, 0.25) is 0 Å². The lowest BCUT2D eigenvalue weighted by Gasteiger charge is -2.31. The van der Waals surface area contributed by atoms with Gasteiger partial charge in [0.1, 0.15) is 0 Å². The molecule has 84 valence electrons. The average molecular weight is 197 g/mol. The van der Waals surface area contributed by atoms with Crippen LogP contribution in [0, 0.1) is 5.92 Å². The number of hydrogen-bond donors (Lipinski definition) is 1. The molecule has 0 amide bonds. The Balaban J connectivity index is 2.22. The maximum absolute atomic E-state index is 3.78. The number of rotatable bonds is 5. The van der Waals surface area contributed by atoms with Gasteiger partial charge in [-0.1, -0.05) is 39.5 Å². The van der Waals surface area contributed by atoms with Crippen molar-refractivity contribution in [2.75, 3.05) is 0 Å². The summed E-state index contributed by atoms with van der Waals surface area (Å²) in [5.74, 6) is 0.995. The van der Waals surface area contributed by atoms with Crippen molar-refractivity contribution in [3.8, 4) is 0 Å². The molecular formula is C13H27N. The van der Waals surface area contributed by atoms with E-state index < -0.39 is 0 Å². The summed E-state index contributed by atoms with van der Waals surface area (Å²) in [5.41, 5.74) is 0. The van der Waals surface area contributed by atoms with Crippen molar-refractivity contribution in [3.05, 3.63) is 0 Å². The van der Waals surface area contributed by atoms with Crippen molar-refractivity contribution in [1.82, 2.24) is 5.32 Å². The largest absolute Gasteiger partial charge is 0.311 e. The molecule has 0 radical (unpaired) electrons. The van der Waals surface area contributed by atoms with Crippen LogP contribution in [-0.4, -0.2) is 12.1 Å². The molecule has 1 heteroatoms. The molecule has 1 nitrogen and oxygen atoms in total. The van der Waals surface area contributed by atoms with Crippen molar-refractivity contribution < 1.29 is 0 Å². The smallest absolute Gasteiger partial charge is 0.00721 e. The van der Waals surface area contributed by atoms with Gasteiger partial charge in [-0.2, -0.15) is 0 Å². The highest BCUT2D eigenvalue weighted by molar-refractivity contribution is 4.79. The molecule has 0 aliphatic heterocycles. The summed E-state index contributed by atoms with van der Waals surface area (Å²) in [4.78, 5) is 0. The summed E-state index contributed by atoms with van der Waals surface area (Å²) < 4.78 is 0. The summed E-state index contributed by atoms with van der Waals surface area (Å²) in [6.07, 6.45) is 9.74. The Morgan fingerprint density at radius 1 is 1.29 bits per heavy atom. The van der Waals surface area contributed by atoms with Gasteiger partial charge in [0.25, 0.3) is 0 Å². The molecule has 1 N–H and O–H groups in total. The van der Waals surface area contributed by atoms with E-state index in [1.807, 2.05) is 0 Å². The molecule has 1 rings (SSSR count). The summed E-state index contributed by atoms with van der Waals surface area (Å²) in [6.45, 7) is 6.94. The van der Waals surface area contributed by atoms with E-state index in [1.165, 1.54) is 44.9 Å². The van der Waals surface area contributed by atoms with Gasteiger partial charge >= 0.3 is 0 Å². The predicted molar refractivity (Wildman–Crippen MR) is 63.5 cm³/mol. The maximum atomic E-state index is 3.78. The van der Waals surface area contributed by atoms with Gasteiger partial charge in [0.15, 0.2) is 0 Å². The lowest BCUT2D eigenvalue weighted by molar-refractivity contribution is 0.261. The van der Waals surface area contributed by atoms with Gasteiger partial charge in [-0.25, -0.2) is 0 Å². The topological polar surface area (TPSA) is 12.0 Å². The van der Waals surface area contributed by atoms with Crippen LogP contribution in [0.25, 0.3) is 0 Å². The molecule has 0 aromatic rings.